The smallest absolute Gasteiger partial charge is 0.253 e. The molecule has 1 aromatic carbocycles. The number of nitrogen functional groups attached to an aromatic ring is 1. The van der Waals surface area contributed by atoms with Gasteiger partial charge < -0.3 is 16.4 Å². The number of benzene rings is 1. The largest absolute Gasteiger partial charge is 0.382 e. The van der Waals surface area contributed by atoms with E-state index in [1.165, 1.54) is 30.6 Å². The van der Waals surface area contributed by atoms with Crippen molar-refractivity contribution in [3.63, 3.8) is 0 Å². The monoisotopic (exact) mass is 457 g/mol. The van der Waals surface area contributed by atoms with Crippen LogP contribution < -0.4 is 16.4 Å². The summed E-state index contributed by atoms with van der Waals surface area (Å²) in [6, 6.07) is 7.48. The molecule has 0 aliphatic heterocycles. The summed E-state index contributed by atoms with van der Waals surface area (Å²) < 4.78 is 36.3. The number of nitrogens with one attached hydrogen (secondary N) is 2. The Morgan fingerprint density at radius 1 is 1.25 bits per heavy atom. The number of anilines is 2. The number of fused-ring (bicyclic) bond motifs is 1. The standard InChI is InChI=1S/C20H20FN7O3S/c1-32(30,31)7-6-25-20(29)14-9-12-8-13(21)2-3-16(12)28-17(14)4-5-24-19-15(10-22)18(23)26-11-27-19/h2-3,8-9,11H,4-7H2,1H3,(H,25,29)(H3,23,24,26,27). The number of nitrogens with two attached hydrogens (primary N) is 1. The van der Waals surface area contributed by atoms with Crippen molar-refractivity contribution in [2.24, 2.45) is 0 Å². The van der Waals surface area contributed by atoms with Gasteiger partial charge in [0.1, 0.15) is 45.3 Å². The number of halogens is 1. The lowest BCUT2D eigenvalue weighted by Gasteiger charge is -2.13. The summed E-state index contributed by atoms with van der Waals surface area (Å²) in [5.41, 5.74) is 6.89. The minimum absolute atomic E-state index is 0.0433. The fraction of sp³-hybridized carbons (Fsp3) is 0.250. The Morgan fingerprint density at radius 3 is 2.75 bits per heavy atom. The molecule has 4 N–H and O–H groups in total. The zero-order valence-electron chi connectivity index (χ0n) is 17.1. The first-order chi connectivity index (χ1) is 15.2. The third-order valence-electron chi connectivity index (χ3n) is 4.50. The molecule has 3 rings (SSSR count). The molecular weight excluding hydrogens is 437 g/mol. The quantitative estimate of drug-likeness (QED) is 0.448. The van der Waals surface area contributed by atoms with Crippen LogP contribution >= 0.6 is 0 Å². The van der Waals surface area contributed by atoms with E-state index in [9.17, 15) is 22.9 Å². The fourth-order valence-electron chi connectivity index (χ4n) is 2.96. The van der Waals surface area contributed by atoms with E-state index in [2.05, 4.69) is 25.6 Å². The summed E-state index contributed by atoms with van der Waals surface area (Å²) in [7, 11) is -3.25. The molecule has 12 heteroatoms. The molecule has 166 valence electrons. The second-order valence-corrected chi connectivity index (χ2v) is 9.24. The van der Waals surface area contributed by atoms with Gasteiger partial charge in [0.15, 0.2) is 0 Å². The molecule has 32 heavy (non-hydrogen) atoms. The van der Waals surface area contributed by atoms with Crippen molar-refractivity contribution in [1.82, 2.24) is 20.3 Å². The Hall–Kier alpha value is -3.85. The van der Waals surface area contributed by atoms with Crippen molar-refractivity contribution >= 4 is 38.3 Å². The summed E-state index contributed by atoms with van der Waals surface area (Å²) in [5, 5.41) is 15.2. The lowest BCUT2D eigenvalue weighted by Crippen LogP contribution is -2.30. The van der Waals surface area contributed by atoms with E-state index >= 15 is 0 Å². The SMILES string of the molecule is CS(=O)(=O)CCNC(=O)c1cc2cc(F)ccc2nc1CCNc1ncnc(N)c1C#N. The molecule has 3 aromatic rings. The van der Waals surface area contributed by atoms with Gasteiger partial charge in [0.05, 0.1) is 22.5 Å². The number of sulfone groups is 1. The molecular formula is C20H20FN7O3S. The van der Waals surface area contributed by atoms with Crippen LogP contribution in [0.25, 0.3) is 10.9 Å². The van der Waals surface area contributed by atoms with Crippen molar-refractivity contribution < 1.29 is 17.6 Å². The Bertz CT molecular complexity index is 1320. The summed E-state index contributed by atoms with van der Waals surface area (Å²) in [5.74, 6) is -0.908. The van der Waals surface area contributed by atoms with E-state index < -0.39 is 21.6 Å². The van der Waals surface area contributed by atoms with Gasteiger partial charge in [-0.2, -0.15) is 5.26 Å². The maximum absolute atomic E-state index is 13.6. The lowest BCUT2D eigenvalue weighted by molar-refractivity contribution is 0.0955. The van der Waals surface area contributed by atoms with Crippen molar-refractivity contribution in [3.8, 4) is 6.07 Å². The number of aromatic nitrogens is 3. The van der Waals surface area contributed by atoms with Crippen molar-refractivity contribution in [2.75, 3.05) is 36.1 Å². The van der Waals surface area contributed by atoms with Crippen molar-refractivity contribution in [2.45, 2.75) is 6.42 Å². The Kier molecular flexibility index (Phi) is 6.79. The van der Waals surface area contributed by atoms with Crippen LogP contribution in [0, 0.1) is 17.1 Å². The van der Waals surface area contributed by atoms with Crippen LogP contribution in [0.3, 0.4) is 0 Å². The van der Waals surface area contributed by atoms with Crippen LogP contribution in [0.2, 0.25) is 0 Å². The molecule has 0 fully saturated rings. The number of hydrogen-bond acceptors (Lipinski definition) is 9. The minimum atomic E-state index is -3.25. The first kappa shape index (κ1) is 22.8. The first-order valence-corrected chi connectivity index (χ1v) is 11.5. The summed E-state index contributed by atoms with van der Waals surface area (Å²) in [6.45, 7) is 0.191. The molecule has 0 aliphatic rings. The number of carbonyl (C=O) groups excluding carboxylic acids is 1. The van der Waals surface area contributed by atoms with Gasteiger partial charge in [-0.05, 0) is 24.3 Å². The molecule has 0 unspecified atom stereocenters. The molecule has 0 aliphatic carbocycles. The maximum Gasteiger partial charge on any atom is 0.253 e. The van der Waals surface area contributed by atoms with E-state index in [1.807, 2.05) is 6.07 Å². The van der Waals surface area contributed by atoms with Crippen LogP contribution in [-0.4, -0.2) is 54.4 Å². The predicted molar refractivity (Wildman–Crippen MR) is 117 cm³/mol. The number of pyridine rings is 1. The summed E-state index contributed by atoms with van der Waals surface area (Å²) >= 11 is 0. The van der Waals surface area contributed by atoms with Gasteiger partial charge in [-0.3, -0.25) is 9.78 Å². The predicted octanol–water partition coefficient (Wildman–Crippen LogP) is 1.05. The number of nitrogens with zero attached hydrogens (tertiary/aromatic N) is 4. The molecule has 0 spiro atoms. The molecule has 0 atom stereocenters. The van der Waals surface area contributed by atoms with Crippen LogP contribution in [0.15, 0.2) is 30.6 Å². The van der Waals surface area contributed by atoms with Gasteiger partial charge in [-0.1, -0.05) is 0 Å². The minimum Gasteiger partial charge on any atom is -0.382 e. The second-order valence-electron chi connectivity index (χ2n) is 6.98. The Morgan fingerprint density at radius 2 is 2.03 bits per heavy atom. The molecule has 0 radical (unpaired) electrons. The summed E-state index contributed by atoms with van der Waals surface area (Å²) in [4.78, 5) is 25.0. The zero-order valence-corrected chi connectivity index (χ0v) is 17.9. The summed E-state index contributed by atoms with van der Waals surface area (Å²) in [6.07, 6.45) is 2.56. The van der Waals surface area contributed by atoms with Gasteiger partial charge in [0.2, 0.25) is 0 Å². The lowest BCUT2D eigenvalue weighted by atomic mass is 10.1. The Balaban J connectivity index is 1.85. The van der Waals surface area contributed by atoms with E-state index in [0.717, 1.165) is 6.26 Å². The van der Waals surface area contributed by atoms with E-state index in [1.54, 1.807) is 0 Å². The van der Waals surface area contributed by atoms with E-state index in [4.69, 9.17) is 5.73 Å². The fourth-order valence-corrected chi connectivity index (χ4v) is 3.44. The van der Waals surface area contributed by atoms with Crippen LogP contribution in [0.4, 0.5) is 16.0 Å². The highest BCUT2D eigenvalue weighted by atomic mass is 32.2. The van der Waals surface area contributed by atoms with Crippen molar-refractivity contribution in [3.05, 3.63) is 53.2 Å². The van der Waals surface area contributed by atoms with Gasteiger partial charge in [0.25, 0.3) is 5.91 Å². The maximum atomic E-state index is 13.6. The van der Waals surface area contributed by atoms with E-state index in [-0.39, 0.29) is 48.0 Å². The normalized spacial score (nSPS) is 11.2. The molecule has 0 saturated heterocycles. The third kappa shape index (κ3) is 5.64. The van der Waals surface area contributed by atoms with Crippen LogP contribution in [0.5, 0.6) is 0 Å². The van der Waals surface area contributed by atoms with Gasteiger partial charge in [-0.25, -0.2) is 22.8 Å². The van der Waals surface area contributed by atoms with Crippen LogP contribution in [-0.2, 0) is 16.3 Å². The van der Waals surface area contributed by atoms with Crippen molar-refractivity contribution in [1.29, 1.82) is 5.26 Å². The first-order valence-electron chi connectivity index (χ1n) is 9.47. The molecule has 1 amide bonds. The molecule has 0 saturated carbocycles. The zero-order chi connectivity index (χ0) is 23.3. The Labute approximate surface area is 183 Å². The molecule has 0 bridgehead atoms. The van der Waals surface area contributed by atoms with Crippen LogP contribution in [0.1, 0.15) is 21.6 Å². The highest BCUT2D eigenvalue weighted by Crippen LogP contribution is 2.20. The second kappa shape index (κ2) is 9.52. The van der Waals surface area contributed by atoms with E-state index in [0.29, 0.717) is 16.6 Å². The number of carbonyl (C=O) groups is 1. The average molecular weight is 457 g/mol. The third-order valence-corrected chi connectivity index (χ3v) is 5.45. The van der Waals surface area contributed by atoms with Gasteiger partial charge >= 0.3 is 0 Å². The number of hydrogen-bond donors (Lipinski definition) is 3. The van der Waals surface area contributed by atoms with Gasteiger partial charge in [0, 0.05) is 31.2 Å². The molecule has 2 heterocycles. The average Bonchev–Trinajstić information content (AvgIpc) is 2.72. The van der Waals surface area contributed by atoms with Gasteiger partial charge in [-0.15, -0.1) is 0 Å². The topological polar surface area (TPSA) is 164 Å². The molecule has 2 aromatic heterocycles. The highest BCUT2D eigenvalue weighted by molar-refractivity contribution is 7.90. The number of rotatable bonds is 8. The number of nitriles is 1. The molecule has 10 nitrogen and oxygen atoms in total. The number of amides is 1. The highest BCUT2D eigenvalue weighted by Gasteiger charge is 2.16.